The van der Waals surface area contributed by atoms with Crippen molar-refractivity contribution in [3.05, 3.63) is 59.9 Å². The summed E-state index contributed by atoms with van der Waals surface area (Å²) in [5.74, 6) is 1.11. The zero-order chi connectivity index (χ0) is 25.9. The SMILES string of the molecule is COc1nc(C(=O)N(C)C)ccc1-c1cc2nccc(-c3ccc(OC4CCOCC4)c(C#N)c3)c2o1. The number of benzene rings is 1. The predicted octanol–water partition coefficient (Wildman–Crippen LogP) is 4.70. The van der Waals surface area contributed by atoms with E-state index in [1.165, 1.54) is 12.0 Å². The van der Waals surface area contributed by atoms with Crippen molar-refractivity contribution in [3.63, 3.8) is 0 Å². The molecule has 9 heteroatoms. The Morgan fingerprint density at radius 2 is 1.92 bits per heavy atom. The van der Waals surface area contributed by atoms with E-state index in [0.717, 1.165) is 24.0 Å². The fourth-order valence-corrected chi connectivity index (χ4v) is 4.29. The number of methoxy groups -OCH3 is 1. The Bertz CT molecular complexity index is 1500. The average molecular weight is 499 g/mol. The summed E-state index contributed by atoms with van der Waals surface area (Å²) in [5.41, 5.74) is 4.12. The molecule has 1 saturated heterocycles. The average Bonchev–Trinajstić information content (AvgIpc) is 3.37. The van der Waals surface area contributed by atoms with Crippen molar-refractivity contribution >= 4 is 17.0 Å². The molecule has 0 bridgehead atoms. The number of amides is 1. The Hall–Kier alpha value is -4.42. The highest BCUT2D eigenvalue weighted by atomic mass is 16.5. The van der Waals surface area contributed by atoms with E-state index in [4.69, 9.17) is 18.6 Å². The van der Waals surface area contributed by atoms with Gasteiger partial charge in [0.15, 0.2) is 5.58 Å². The Kier molecular flexibility index (Phi) is 6.75. The van der Waals surface area contributed by atoms with Crippen LogP contribution in [-0.2, 0) is 4.74 Å². The molecule has 1 aromatic carbocycles. The van der Waals surface area contributed by atoms with E-state index in [1.807, 2.05) is 18.2 Å². The van der Waals surface area contributed by atoms with Crippen LogP contribution in [0.15, 0.2) is 53.1 Å². The quantitative estimate of drug-likeness (QED) is 0.376. The van der Waals surface area contributed by atoms with E-state index < -0.39 is 0 Å². The van der Waals surface area contributed by atoms with Gasteiger partial charge in [-0.1, -0.05) is 6.07 Å². The summed E-state index contributed by atoms with van der Waals surface area (Å²) in [5, 5.41) is 9.80. The second kappa shape index (κ2) is 10.3. The lowest BCUT2D eigenvalue weighted by Gasteiger charge is -2.23. The number of hydrogen-bond donors (Lipinski definition) is 0. The summed E-state index contributed by atoms with van der Waals surface area (Å²) in [6.45, 7) is 1.32. The van der Waals surface area contributed by atoms with Gasteiger partial charge in [0.25, 0.3) is 5.91 Å². The smallest absolute Gasteiger partial charge is 0.272 e. The van der Waals surface area contributed by atoms with Gasteiger partial charge in [0.05, 0.1) is 31.5 Å². The summed E-state index contributed by atoms with van der Waals surface area (Å²) in [7, 11) is 4.83. The normalized spacial score (nSPS) is 13.8. The molecule has 1 aliphatic heterocycles. The van der Waals surface area contributed by atoms with Crippen LogP contribution >= 0.6 is 0 Å². The molecule has 188 valence electrons. The van der Waals surface area contributed by atoms with Crippen molar-refractivity contribution in [1.82, 2.24) is 14.9 Å². The van der Waals surface area contributed by atoms with Crippen LogP contribution in [0.3, 0.4) is 0 Å². The van der Waals surface area contributed by atoms with Crippen molar-refractivity contribution in [2.45, 2.75) is 18.9 Å². The topological polar surface area (TPSA) is 111 Å². The van der Waals surface area contributed by atoms with E-state index in [9.17, 15) is 10.1 Å². The van der Waals surface area contributed by atoms with Gasteiger partial charge in [-0.05, 0) is 35.9 Å². The monoisotopic (exact) mass is 498 g/mol. The van der Waals surface area contributed by atoms with Crippen molar-refractivity contribution in [2.75, 3.05) is 34.4 Å². The van der Waals surface area contributed by atoms with Gasteiger partial charge in [0.2, 0.25) is 5.88 Å². The number of rotatable bonds is 6. The first-order valence-electron chi connectivity index (χ1n) is 11.9. The zero-order valence-electron chi connectivity index (χ0n) is 20.9. The third-order valence-electron chi connectivity index (χ3n) is 6.23. The third kappa shape index (κ3) is 4.84. The molecule has 4 aromatic rings. The molecule has 9 nitrogen and oxygen atoms in total. The van der Waals surface area contributed by atoms with Crippen LogP contribution in [-0.4, -0.2) is 61.3 Å². The number of carbonyl (C=O) groups is 1. The molecule has 0 aliphatic carbocycles. The summed E-state index contributed by atoms with van der Waals surface area (Å²) in [6, 6.07) is 14.8. The fourth-order valence-electron chi connectivity index (χ4n) is 4.29. The van der Waals surface area contributed by atoms with Gasteiger partial charge in [0, 0.05) is 44.8 Å². The van der Waals surface area contributed by atoms with Crippen LogP contribution in [0.5, 0.6) is 11.6 Å². The third-order valence-corrected chi connectivity index (χ3v) is 6.23. The summed E-state index contributed by atoms with van der Waals surface area (Å²) in [6.07, 6.45) is 3.34. The van der Waals surface area contributed by atoms with Crippen LogP contribution in [0.4, 0.5) is 0 Å². The first-order chi connectivity index (χ1) is 18.0. The summed E-state index contributed by atoms with van der Waals surface area (Å²) in [4.78, 5) is 22.6. The van der Waals surface area contributed by atoms with E-state index in [1.54, 1.807) is 44.6 Å². The molecule has 5 rings (SSSR count). The lowest BCUT2D eigenvalue weighted by molar-refractivity contribution is 0.0254. The standard InChI is InChI=1S/C28H26N4O5/c1-32(2)28(33)22-6-5-21(27(31-22)34-3)25-15-23-26(37-25)20(8-11-30-23)17-4-7-24(18(14-17)16-29)36-19-9-12-35-13-10-19/h4-8,11,14-15,19H,9-10,12-13H2,1-3H3. The minimum atomic E-state index is -0.226. The minimum absolute atomic E-state index is 0.0370. The second-order valence-corrected chi connectivity index (χ2v) is 8.89. The Morgan fingerprint density at radius 1 is 1.11 bits per heavy atom. The van der Waals surface area contributed by atoms with Crippen LogP contribution in [0.1, 0.15) is 28.9 Å². The molecule has 37 heavy (non-hydrogen) atoms. The molecule has 4 heterocycles. The van der Waals surface area contributed by atoms with Crippen LogP contribution < -0.4 is 9.47 Å². The summed E-state index contributed by atoms with van der Waals surface area (Å²) < 4.78 is 23.2. The highest BCUT2D eigenvalue weighted by Crippen LogP contribution is 2.37. The van der Waals surface area contributed by atoms with E-state index in [2.05, 4.69) is 16.0 Å². The zero-order valence-corrected chi connectivity index (χ0v) is 20.9. The van der Waals surface area contributed by atoms with Crippen molar-refractivity contribution in [1.29, 1.82) is 5.26 Å². The number of carbonyl (C=O) groups excluding carboxylic acids is 1. The molecule has 1 amide bonds. The van der Waals surface area contributed by atoms with E-state index >= 15 is 0 Å². The molecule has 1 fully saturated rings. The van der Waals surface area contributed by atoms with Crippen molar-refractivity contribution in [3.8, 4) is 40.1 Å². The number of hydrogen-bond acceptors (Lipinski definition) is 8. The Labute approximate surface area is 214 Å². The van der Waals surface area contributed by atoms with Gasteiger partial charge in [0.1, 0.15) is 34.9 Å². The highest BCUT2D eigenvalue weighted by Gasteiger charge is 2.21. The van der Waals surface area contributed by atoms with Gasteiger partial charge in [-0.2, -0.15) is 5.26 Å². The number of fused-ring (bicyclic) bond motifs is 1. The van der Waals surface area contributed by atoms with Crippen LogP contribution in [0.2, 0.25) is 0 Å². The molecule has 3 aromatic heterocycles. The molecular formula is C28H26N4O5. The molecular weight excluding hydrogens is 472 g/mol. The number of aromatic nitrogens is 2. The van der Waals surface area contributed by atoms with Crippen molar-refractivity contribution in [2.24, 2.45) is 0 Å². The number of nitriles is 1. The Morgan fingerprint density at radius 3 is 2.65 bits per heavy atom. The maximum Gasteiger partial charge on any atom is 0.272 e. The van der Waals surface area contributed by atoms with E-state index in [0.29, 0.717) is 47.0 Å². The molecule has 0 unspecified atom stereocenters. The van der Waals surface area contributed by atoms with Crippen LogP contribution in [0.25, 0.3) is 33.6 Å². The van der Waals surface area contributed by atoms with Gasteiger partial charge >= 0.3 is 0 Å². The number of pyridine rings is 2. The molecule has 0 saturated carbocycles. The highest BCUT2D eigenvalue weighted by molar-refractivity contribution is 5.94. The minimum Gasteiger partial charge on any atom is -0.489 e. The first kappa shape index (κ1) is 24.3. The molecule has 0 radical (unpaired) electrons. The van der Waals surface area contributed by atoms with Crippen molar-refractivity contribution < 1.29 is 23.4 Å². The van der Waals surface area contributed by atoms with Gasteiger partial charge in [-0.15, -0.1) is 0 Å². The molecule has 0 atom stereocenters. The molecule has 0 spiro atoms. The lowest BCUT2D eigenvalue weighted by atomic mass is 10.0. The number of furan rings is 1. The summed E-state index contributed by atoms with van der Waals surface area (Å²) >= 11 is 0. The molecule has 1 aliphatic rings. The van der Waals surface area contributed by atoms with Gasteiger partial charge in [-0.3, -0.25) is 9.78 Å². The fraction of sp³-hybridized carbons (Fsp3) is 0.286. The largest absolute Gasteiger partial charge is 0.489 e. The van der Waals surface area contributed by atoms with Crippen LogP contribution in [0, 0.1) is 11.3 Å². The maximum atomic E-state index is 12.3. The maximum absolute atomic E-state index is 12.3. The second-order valence-electron chi connectivity index (χ2n) is 8.89. The Balaban J connectivity index is 1.51. The lowest BCUT2D eigenvalue weighted by Crippen LogP contribution is -2.26. The van der Waals surface area contributed by atoms with Gasteiger partial charge in [-0.25, -0.2) is 4.98 Å². The number of ether oxygens (including phenoxy) is 3. The first-order valence-corrected chi connectivity index (χ1v) is 11.9. The van der Waals surface area contributed by atoms with Gasteiger partial charge < -0.3 is 23.5 Å². The van der Waals surface area contributed by atoms with E-state index in [-0.39, 0.29) is 23.6 Å². The predicted molar refractivity (Wildman–Crippen MR) is 136 cm³/mol. The molecule has 0 N–H and O–H groups in total. The number of nitrogens with zero attached hydrogens (tertiary/aromatic N) is 4.